The number of likely N-dealkylation sites (N-methyl/N-ethyl adjacent to an activating group) is 1. The third-order valence-electron chi connectivity index (χ3n) is 4.68. The molecule has 1 saturated carbocycles. The maximum absolute atomic E-state index is 6.06. The van der Waals surface area contributed by atoms with Crippen molar-refractivity contribution in [2.45, 2.75) is 44.9 Å². The fraction of sp³-hybridized carbons (Fsp3) is 0.647. The Labute approximate surface area is 122 Å². The van der Waals surface area contributed by atoms with E-state index in [1.165, 1.54) is 29.5 Å². The van der Waals surface area contributed by atoms with Gasteiger partial charge >= 0.3 is 0 Å². The molecule has 1 aliphatic carbocycles. The smallest absolute Gasteiger partial charge is 0.0896 e. The highest BCUT2D eigenvalue weighted by Gasteiger charge is 2.40. The largest absolute Gasteiger partial charge is 0.374 e. The van der Waals surface area contributed by atoms with Crippen molar-refractivity contribution in [3.05, 3.63) is 34.9 Å². The predicted octanol–water partition coefficient (Wildman–Crippen LogP) is 2.43. The van der Waals surface area contributed by atoms with E-state index in [0.29, 0.717) is 6.04 Å². The van der Waals surface area contributed by atoms with E-state index in [0.717, 1.165) is 25.7 Å². The van der Waals surface area contributed by atoms with Crippen LogP contribution in [0, 0.1) is 13.8 Å². The Morgan fingerprint density at radius 2 is 2.05 bits per heavy atom. The number of hydrogen-bond donors (Lipinski definition) is 1. The highest BCUT2D eigenvalue weighted by Crippen LogP contribution is 2.39. The lowest BCUT2D eigenvalue weighted by molar-refractivity contribution is -0.0740. The fourth-order valence-electron chi connectivity index (χ4n) is 3.30. The molecule has 3 nitrogen and oxygen atoms in total. The fourth-order valence-corrected chi connectivity index (χ4v) is 3.30. The summed E-state index contributed by atoms with van der Waals surface area (Å²) < 4.78 is 6.06. The van der Waals surface area contributed by atoms with E-state index in [9.17, 15) is 0 Å². The Kier molecular flexibility index (Phi) is 4.11. The second kappa shape index (κ2) is 5.84. The van der Waals surface area contributed by atoms with Gasteiger partial charge in [-0.05, 0) is 50.4 Å². The second-order valence-electron chi connectivity index (χ2n) is 6.22. The summed E-state index contributed by atoms with van der Waals surface area (Å²) in [7, 11) is 2.01. The minimum absolute atomic E-state index is 0.261. The van der Waals surface area contributed by atoms with E-state index in [4.69, 9.17) is 4.74 Å². The molecule has 3 heteroatoms. The van der Waals surface area contributed by atoms with Gasteiger partial charge in [-0.2, -0.15) is 0 Å². The van der Waals surface area contributed by atoms with Crippen LogP contribution in [-0.4, -0.2) is 43.8 Å². The van der Waals surface area contributed by atoms with Gasteiger partial charge in [0.15, 0.2) is 0 Å². The van der Waals surface area contributed by atoms with Crippen LogP contribution in [0.1, 0.15) is 35.6 Å². The van der Waals surface area contributed by atoms with Gasteiger partial charge in [-0.15, -0.1) is 0 Å². The first-order chi connectivity index (χ1) is 9.70. The summed E-state index contributed by atoms with van der Waals surface area (Å²) in [5.74, 6) is 0. The van der Waals surface area contributed by atoms with Crippen LogP contribution >= 0.6 is 0 Å². The van der Waals surface area contributed by atoms with Gasteiger partial charge in [0, 0.05) is 19.1 Å². The monoisotopic (exact) mass is 274 g/mol. The maximum Gasteiger partial charge on any atom is 0.0896 e. The van der Waals surface area contributed by atoms with Crippen LogP contribution in [0.5, 0.6) is 0 Å². The molecule has 2 atom stereocenters. The van der Waals surface area contributed by atoms with E-state index >= 15 is 0 Å². The normalized spacial score (nSPS) is 27.8. The van der Waals surface area contributed by atoms with Crippen molar-refractivity contribution in [1.82, 2.24) is 10.2 Å². The Morgan fingerprint density at radius 3 is 2.70 bits per heavy atom. The van der Waals surface area contributed by atoms with Gasteiger partial charge in [-0.25, -0.2) is 0 Å². The van der Waals surface area contributed by atoms with E-state index in [-0.39, 0.29) is 6.10 Å². The van der Waals surface area contributed by atoms with Crippen molar-refractivity contribution in [2.75, 3.05) is 26.7 Å². The highest BCUT2D eigenvalue weighted by atomic mass is 16.5. The summed E-state index contributed by atoms with van der Waals surface area (Å²) in [4.78, 5) is 2.68. The van der Waals surface area contributed by atoms with E-state index < -0.39 is 0 Å². The zero-order chi connectivity index (χ0) is 14.1. The van der Waals surface area contributed by atoms with Gasteiger partial charge in [0.2, 0.25) is 0 Å². The first-order valence-corrected chi connectivity index (χ1v) is 7.80. The Balaban J connectivity index is 1.91. The van der Waals surface area contributed by atoms with Crippen LogP contribution in [-0.2, 0) is 4.74 Å². The van der Waals surface area contributed by atoms with Crippen molar-refractivity contribution in [2.24, 2.45) is 0 Å². The number of hydrogen-bond acceptors (Lipinski definition) is 3. The molecule has 20 heavy (non-hydrogen) atoms. The van der Waals surface area contributed by atoms with E-state index in [2.05, 4.69) is 42.3 Å². The molecule has 1 aliphatic heterocycles. The number of rotatable bonds is 4. The topological polar surface area (TPSA) is 24.5 Å². The van der Waals surface area contributed by atoms with Crippen LogP contribution in [0.3, 0.4) is 0 Å². The highest BCUT2D eigenvalue weighted by molar-refractivity contribution is 5.33. The molecule has 1 aromatic rings. The van der Waals surface area contributed by atoms with Crippen LogP contribution in [0.15, 0.2) is 18.2 Å². The Bertz CT molecular complexity index is 468. The molecule has 0 aromatic heterocycles. The van der Waals surface area contributed by atoms with Crippen LogP contribution < -0.4 is 5.32 Å². The zero-order valence-electron chi connectivity index (χ0n) is 12.9. The molecule has 3 rings (SSSR count). The SMILES string of the molecule is CNCC1OCCN(C2CC2)C1c1ccc(C)c(C)c1. The number of nitrogens with zero attached hydrogens (tertiary/aromatic N) is 1. The lowest BCUT2D eigenvalue weighted by Gasteiger charge is -2.42. The molecule has 2 aliphatic rings. The number of benzene rings is 1. The first kappa shape index (κ1) is 14.1. The maximum atomic E-state index is 6.06. The Hall–Kier alpha value is -0.900. The summed E-state index contributed by atoms with van der Waals surface area (Å²) in [6.45, 7) is 7.24. The average molecular weight is 274 g/mol. The molecule has 1 aromatic carbocycles. The third-order valence-corrected chi connectivity index (χ3v) is 4.68. The predicted molar refractivity (Wildman–Crippen MR) is 82.1 cm³/mol. The molecule has 2 fully saturated rings. The van der Waals surface area contributed by atoms with Gasteiger partial charge in [0.05, 0.1) is 18.8 Å². The lowest BCUT2D eigenvalue weighted by atomic mass is 9.94. The molecule has 0 radical (unpaired) electrons. The molecule has 110 valence electrons. The molecule has 1 saturated heterocycles. The molecule has 1 N–H and O–H groups in total. The number of morpholine rings is 1. The van der Waals surface area contributed by atoms with Crippen molar-refractivity contribution in [3.63, 3.8) is 0 Å². The van der Waals surface area contributed by atoms with Gasteiger partial charge in [-0.1, -0.05) is 18.2 Å². The van der Waals surface area contributed by atoms with E-state index in [1.54, 1.807) is 0 Å². The number of nitrogens with one attached hydrogen (secondary N) is 1. The van der Waals surface area contributed by atoms with Gasteiger partial charge in [-0.3, -0.25) is 4.90 Å². The quantitative estimate of drug-likeness (QED) is 0.912. The van der Waals surface area contributed by atoms with Crippen molar-refractivity contribution in [3.8, 4) is 0 Å². The zero-order valence-corrected chi connectivity index (χ0v) is 12.9. The first-order valence-electron chi connectivity index (χ1n) is 7.80. The number of aryl methyl sites for hydroxylation is 2. The standard InChI is InChI=1S/C17H26N2O/c1-12-4-5-14(10-13(12)2)17-16(11-18-3)20-9-8-19(17)15-6-7-15/h4-5,10,15-18H,6-9,11H2,1-3H3. The van der Waals surface area contributed by atoms with Crippen molar-refractivity contribution in [1.29, 1.82) is 0 Å². The van der Waals surface area contributed by atoms with Crippen LogP contribution in [0.25, 0.3) is 0 Å². The molecular weight excluding hydrogens is 248 g/mol. The summed E-state index contributed by atoms with van der Waals surface area (Å²) in [5.41, 5.74) is 4.17. The second-order valence-corrected chi connectivity index (χ2v) is 6.22. The number of ether oxygens (including phenoxy) is 1. The van der Waals surface area contributed by atoms with Crippen LogP contribution in [0.2, 0.25) is 0 Å². The molecule has 0 spiro atoms. The van der Waals surface area contributed by atoms with E-state index in [1.807, 2.05) is 7.05 Å². The van der Waals surface area contributed by atoms with Gasteiger partial charge in [0.25, 0.3) is 0 Å². The minimum atomic E-state index is 0.261. The molecule has 2 unspecified atom stereocenters. The van der Waals surface area contributed by atoms with Gasteiger partial charge in [0.1, 0.15) is 0 Å². The van der Waals surface area contributed by atoms with Crippen LogP contribution in [0.4, 0.5) is 0 Å². The molecule has 1 heterocycles. The third kappa shape index (κ3) is 2.76. The summed E-state index contributed by atoms with van der Waals surface area (Å²) >= 11 is 0. The Morgan fingerprint density at radius 1 is 1.25 bits per heavy atom. The van der Waals surface area contributed by atoms with Gasteiger partial charge < -0.3 is 10.1 Å². The molecule has 0 bridgehead atoms. The summed E-state index contributed by atoms with van der Waals surface area (Å²) in [6.07, 6.45) is 2.97. The van der Waals surface area contributed by atoms with Crippen molar-refractivity contribution >= 4 is 0 Å². The molecule has 0 amide bonds. The van der Waals surface area contributed by atoms with Crippen molar-refractivity contribution < 1.29 is 4.74 Å². The summed E-state index contributed by atoms with van der Waals surface area (Å²) in [5, 5.41) is 3.29. The molecular formula is C17H26N2O. The summed E-state index contributed by atoms with van der Waals surface area (Å²) in [6, 6.07) is 8.08. The lowest BCUT2D eigenvalue weighted by Crippen LogP contribution is -2.49. The average Bonchev–Trinajstić information content (AvgIpc) is 3.27. The minimum Gasteiger partial charge on any atom is -0.374 e.